The molecule has 4 aromatic rings. The molecule has 0 radical (unpaired) electrons. The van der Waals surface area contributed by atoms with Gasteiger partial charge >= 0.3 is 0 Å². The Morgan fingerprint density at radius 2 is 1.41 bits per heavy atom. The highest BCUT2D eigenvalue weighted by molar-refractivity contribution is 6.20. The summed E-state index contributed by atoms with van der Waals surface area (Å²) in [5, 5.41) is 0. The molecule has 37 heavy (non-hydrogen) atoms. The van der Waals surface area contributed by atoms with Crippen molar-refractivity contribution >= 4 is 17.3 Å². The van der Waals surface area contributed by atoms with Crippen molar-refractivity contribution in [2.24, 2.45) is 4.99 Å². The summed E-state index contributed by atoms with van der Waals surface area (Å²) in [6.45, 7) is 0.116. The number of carbonyl (C=O) groups excluding carboxylic acids is 1. The summed E-state index contributed by atoms with van der Waals surface area (Å²) < 4.78 is 5.76. The lowest BCUT2D eigenvalue weighted by Gasteiger charge is -2.21. The normalized spacial score (nSPS) is 13.1. The highest BCUT2D eigenvalue weighted by atomic mass is 16.5. The van der Waals surface area contributed by atoms with Gasteiger partial charge in [0.15, 0.2) is 0 Å². The molecule has 1 amide bonds. The molecule has 1 aliphatic rings. The van der Waals surface area contributed by atoms with Crippen LogP contribution in [-0.4, -0.2) is 32.3 Å². The number of aryl methyl sites for hydroxylation is 2. The Hall–Kier alpha value is -4.18. The van der Waals surface area contributed by atoms with Crippen LogP contribution in [0, 0.1) is 0 Å². The standard InChI is InChI=1S/C33H32N2O2/c1-35-30-22-31(37-2)28(26-17-7-4-8-18-26)21-29(30)33(34-23-32(35)36)27-19-11-16-25(20-27)15-10-9-14-24-12-5-3-6-13-24/h3-8,11-13,16-22H,9-10,14-15,23H2,1-2H3. The van der Waals surface area contributed by atoms with Gasteiger partial charge in [-0.15, -0.1) is 0 Å². The number of ether oxygens (including phenoxy) is 1. The van der Waals surface area contributed by atoms with Gasteiger partial charge in [0.2, 0.25) is 5.91 Å². The zero-order valence-corrected chi connectivity index (χ0v) is 21.5. The highest BCUT2D eigenvalue weighted by Gasteiger charge is 2.25. The zero-order chi connectivity index (χ0) is 25.6. The van der Waals surface area contributed by atoms with Crippen LogP contribution in [0.5, 0.6) is 5.75 Å². The molecule has 4 heteroatoms. The lowest BCUT2D eigenvalue weighted by Crippen LogP contribution is -2.27. The van der Waals surface area contributed by atoms with Crippen LogP contribution < -0.4 is 9.64 Å². The molecule has 0 N–H and O–H groups in total. The molecule has 0 aliphatic carbocycles. The van der Waals surface area contributed by atoms with Crippen molar-refractivity contribution in [3.05, 3.63) is 119 Å². The maximum absolute atomic E-state index is 12.8. The Kier molecular flexibility index (Phi) is 7.46. The van der Waals surface area contributed by atoms with E-state index >= 15 is 0 Å². The quantitative estimate of drug-likeness (QED) is 0.258. The first-order valence-corrected chi connectivity index (χ1v) is 12.9. The van der Waals surface area contributed by atoms with Crippen molar-refractivity contribution in [1.29, 1.82) is 0 Å². The molecule has 1 heterocycles. The first kappa shape index (κ1) is 24.5. The number of anilines is 1. The minimum absolute atomic E-state index is 0.0390. The molecule has 4 nitrogen and oxygen atoms in total. The third-order valence-corrected chi connectivity index (χ3v) is 6.99. The molecular weight excluding hydrogens is 456 g/mol. The van der Waals surface area contributed by atoms with E-state index in [1.54, 1.807) is 12.0 Å². The molecule has 0 unspecified atom stereocenters. The molecule has 0 saturated carbocycles. The fourth-order valence-electron chi connectivity index (χ4n) is 4.94. The number of methoxy groups -OCH3 is 1. The van der Waals surface area contributed by atoms with Gasteiger partial charge in [-0.2, -0.15) is 0 Å². The smallest absolute Gasteiger partial charge is 0.248 e. The summed E-state index contributed by atoms with van der Waals surface area (Å²) in [5.41, 5.74) is 8.35. The topological polar surface area (TPSA) is 41.9 Å². The predicted octanol–water partition coefficient (Wildman–Crippen LogP) is 6.74. The van der Waals surface area contributed by atoms with Crippen LogP contribution in [0.1, 0.15) is 35.1 Å². The summed E-state index contributed by atoms with van der Waals surface area (Å²) in [4.78, 5) is 19.4. The minimum Gasteiger partial charge on any atom is -0.496 e. The van der Waals surface area contributed by atoms with E-state index in [2.05, 4.69) is 72.8 Å². The van der Waals surface area contributed by atoms with E-state index in [4.69, 9.17) is 9.73 Å². The second-order valence-corrected chi connectivity index (χ2v) is 9.45. The monoisotopic (exact) mass is 488 g/mol. The van der Waals surface area contributed by atoms with Crippen LogP contribution in [0.25, 0.3) is 11.1 Å². The van der Waals surface area contributed by atoms with Gasteiger partial charge < -0.3 is 9.64 Å². The second kappa shape index (κ2) is 11.3. The second-order valence-electron chi connectivity index (χ2n) is 9.45. The number of aliphatic imine (C=N–C) groups is 1. The number of likely N-dealkylation sites (N-methyl/N-ethyl adjacent to an activating group) is 1. The summed E-state index contributed by atoms with van der Waals surface area (Å²) in [5.74, 6) is 0.695. The maximum Gasteiger partial charge on any atom is 0.248 e. The van der Waals surface area contributed by atoms with E-state index in [0.29, 0.717) is 0 Å². The molecule has 5 rings (SSSR count). The first-order chi connectivity index (χ1) is 18.1. The van der Waals surface area contributed by atoms with Gasteiger partial charge in [-0.1, -0.05) is 78.9 Å². The van der Waals surface area contributed by atoms with Crippen LogP contribution in [0.3, 0.4) is 0 Å². The average molecular weight is 489 g/mol. The number of fused-ring (bicyclic) bond motifs is 1. The SMILES string of the molecule is COc1cc2c(cc1-c1ccccc1)C(c1cccc(CCCCc3ccccc3)c1)=NCC(=O)N2C. The molecule has 0 atom stereocenters. The predicted molar refractivity (Wildman–Crippen MR) is 152 cm³/mol. The van der Waals surface area contributed by atoms with Gasteiger partial charge in [0.05, 0.1) is 18.5 Å². The van der Waals surface area contributed by atoms with E-state index in [9.17, 15) is 4.79 Å². The van der Waals surface area contributed by atoms with Crippen LogP contribution >= 0.6 is 0 Å². The third-order valence-electron chi connectivity index (χ3n) is 6.99. The van der Waals surface area contributed by atoms with E-state index < -0.39 is 0 Å². The number of nitrogens with zero attached hydrogens (tertiary/aromatic N) is 2. The van der Waals surface area contributed by atoms with Crippen molar-refractivity contribution in [1.82, 2.24) is 0 Å². The average Bonchev–Trinajstić information content (AvgIpc) is 3.07. The van der Waals surface area contributed by atoms with Crippen molar-refractivity contribution < 1.29 is 9.53 Å². The molecule has 0 spiro atoms. The summed E-state index contributed by atoms with van der Waals surface area (Å²) in [6, 6.07) is 33.5. The Bertz CT molecular complexity index is 1410. The van der Waals surface area contributed by atoms with Gasteiger partial charge in [0.1, 0.15) is 12.3 Å². The van der Waals surface area contributed by atoms with Gasteiger partial charge in [0.25, 0.3) is 0 Å². The summed E-state index contributed by atoms with van der Waals surface area (Å²) >= 11 is 0. The number of amides is 1. The van der Waals surface area contributed by atoms with Crippen molar-refractivity contribution in [2.45, 2.75) is 25.7 Å². The van der Waals surface area contributed by atoms with Gasteiger partial charge in [0, 0.05) is 29.8 Å². The summed E-state index contributed by atoms with van der Waals surface area (Å²) in [7, 11) is 3.48. The van der Waals surface area contributed by atoms with Crippen molar-refractivity contribution in [2.75, 3.05) is 25.6 Å². The van der Waals surface area contributed by atoms with Crippen molar-refractivity contribution in [3.8, 4) is 16.9 Å². The van der Waals surface area contributed by atoms with Crippen LogP contribution in [0.15, 0.2) is 102 Å². The number of benzene rings is 4. The summed E-state index contributed by atoms with van der Waals surface area (Å²) in [6.07, 6.45) is 4.38. The molecule has 0 bridgehead atoms. The molecular formula is C33H32N2O2. The molecule has 0 fully saturated rings. The molecule has 0 aromatic heterocycles. The maximum atomic E-state index is 12.8. The fraction of sp³-hybridized carbons (Fsp3) is 0.212. The lowest BCUT2D eigenvalue weighted by molar-refractivity contribution is -0.116. The molecule has 0 saturated heterocycles. The minimum atomic E-state index is -0.0390. The van der Waals surface area contributed by atoms with Crippen molar-refractivity contribution in [3.63, 3.8) is 0 Å². The number of hydrogen-bond donors (Lipinski definition) is 0. The Morgan fingerprint density at radius 3 is 2.14 bits per heavy atom. The fourth-order valence-corrected chi connectivity index (χ4v) is 4.94. The molecule has 1 aliphatic heterocycles. The Balaban J connectivity index is 1.46. The number of carbonyl (C=O) groups is 1. The van der Waals surface area contributed by atoms with Gasteiger partial charge in [-0.05, 0) is 54.5 Å². The van der Waals surface area contributed by atoms with E-state index in [0.717, 1.165) is 65.1 Å². The Morgan fingerprint density at radius 1 is 0.757 bits per heavy atom. The van der Waals surface area contributed by atoms with Crippen LogP contribution in [0.2, 0.25) is 0 Å². The third kappa shape index (κ3) is 5.49. The highest BCUT2D eigenvalue weighted by Crippen LogP contribution is 2.38. The first-order valence-electron chi connectivity index (χ1n) is 12.9. The molecule has 186 valence electrons. The molecule has 4 aromatic carbocycles. The number of unbranched alkanes of at least 4 members (excludes halogenated alkanes) is 1. The largest absolute Gasteiger partial charge is 0.496 e. The number of hydrogen-bond acceptors (Lipinski definition) is 3. The number of rotatable bonds is 8. The van der Waals surface area contributed by atoms with E-state index in [1.165, 1.54) is 11.1 Å². The van der Waals surface area contributed by atoms with E-state index in [1.807, 2.05) is 31.3 Å². The van der Waals surface area contributed by atoms with Crippen LogP contribution in [0.4, 0.5) is 5.69 Å². The van der Waals surface area contributed by atoms with E-state index in [-0.39, 0.29) is 12.5 Å². The Labute approximate surface area is 219 Å². The van der Waals surface area contributed by atoms with Crippen LogP contribution in [-0.2, 0) is 17.6 Å². The lowest BCUT2D eigenvalue weighted by atomic mass is 9.93. The van der Waals surface area contributed by atoms with Gasteiger partial charge in [-0.25, -0.2) is 0 Å². The zero-order valence-electron chi connectivity index (χ0n) is 21.5. The van der Waals surface area contributed by atoms with Gasteiger partial charge in [-0.3, -0.25) is 9.79 Å². The number of benzodiazepines with no additional fused rings is 1.